The standard InChI is InChI=1S/C22H28N6O3/c1-30-21-3-2-16(9-23-21)13-28-19-8-20(28)15-27(14-19)22(31-7-6-29)5-4-17(10-24-22)18-11-25-26-12-18/h2-5,9-12,19-20,24,29H,6-8,13-15H2,1H3,(H,25,26). The van der Waals surface area contributed by atoms with Crippen molar-refractivity contribution >= 4 is 5.57 Å². The summed E-state index contributed by atoms with van der Waals surface area (Å²) in [6, 6.07) is 4.92. The van der Waals surface area contributed by atoms with Crippen molar-refractivity contribution in [1.82, 2.24) is 30.3 Å². The summed E-state index contributed by atoms with van der Waals surface area (Å²) in [7, 11) is 1.63. The predicted octanol–water partition coefficient (Wildman–Crippen LogP) is 0.935. The maximum atomic E-state index is 9.37. The number of hydrogen-bond donors (Lipinski definition) is 3. The fraction of sp³-hybridized carbons (Fsp3) is 0.455. The zero-order valence-corrected chi connectivity index (χ0v) is 17.6. The van der Waals surface area contributed by atoms with Crippen molar-refractivity contribution in [3.8, 4) is 5.88 Å². The Bertz CT molecular complexity index is 933. The van der Waals surface area contributed by atoms with Crippen LogP contribution in [0.1, 0.15) is 17.5 Å². The Kier molecular flexibility index (Phi) is 5.49. The van der Waals surface area contributed by atoms with E-state index in [9.17, 15) is 5.11 Å². The molecule has 0 radical (unpaired) electrons. The lowest BCUT2D eigenvalue weighted by Gasteiger charge is -2.59. The number of nitrogens with one attached hydrogen (secondary N) is 2. The zero-order valence-electron chi connectivity index (χ0n) is 17.6. The van der Waals surface area contributed by atoms with Gasteiger partial charge >= 0.3 is 0 Å². The van der Waals surface area contributed by atoms with Gasteiger partial charge in [0.1, 0.15) is 0 Å². The Hall–Kier alpha value is -2.72. The molecule has 2 bridgehead atoms. The molecule has 2 aromatic heterocycles. The Morgan fingerprint density at radius 2 is 2.13 bits per heavy atom. The third kappa shape index (κ3) is 3.85. The lowest BCUT2D eigenvalue weighted by Crippen LogP contribution is -2.74. The molecule has 6 rings (SSSR count). The lowest BCUT2D eigenvalue weighted by atomic mass is 9.86. The predicted molar refractivity (Wildman–Crippen MR) is 115 cm³/mol. The van der Waals surface area contributed by atoms with Gasteiger partial charge in [0, 0.05) is 67.5 Å². The first kappa shape index (κ1) is 20.2. The summed E-state index contributed by atoms with van der Waals surface area (Å²) in [6.07, 6.45) is 12.8. The third-order valence-electron chi connectivity index (χ3n) is 6.35. The number of aliphatic hydroxyl groups excluding tert-OH is 1. The second kappa shape index (κ2) is 8.43. The number of hydrogen-bond acceptors (Lipinski definition) is 8. The quantitative estimate of drug-likeness (QED) is 0.576. The molecule has 2 aromatic rings. The van der Waals surface area contributed by atoms with Crippen LogP contribution < -0.4 is 10.1 Å². The first-order valence-electron chi connectivity index (χ1n) is 10.6. The molecule has 3 N–H and O–H groups in total. The van der Waals surface area contributed by atoms with E-state index in [1.54, 1.807) is 13.3 Å². The average molecular weight is 425 g/mol. The monoisotopic (exact) mass is 424 g/mol. The number of piperidine rings is 1. The van der Waals surface area contributed by atoms with Crippen LogP contribution in [0.2, 0.25) is 0 Å². The summed E-state index contributed by atoms with van der Waals surface area (Å²) < 4.78 is 11.3. The van der Waals surface area contributed by atoms with Crippen LogP contribution in [-0.4, -0.2) is 81.4 Å². The molecule has 31 heavy (non-hydrogen) atoms. The number of fused-ring (bicyclic) bond motifs is 2. The van der Waals surface area contributed by atoms with Gasteiger partial charge in [-0.3, -0.25) is 14.9 Å². The topological polar surface area (TPSA) is 98.8 Å². The number of nitrogens with zero attached hydrogens (tertiary/aromatic N) is 4. The number of aromatic amines is 1. The molecular weight excluding hydrogens is 396 g/mol. The molecule has 6 heterocycles. The molecule has 0 aromatic carbocycles. The number of aliphatic hydroxyl groups is 1. The molecular formula is C22H28N6O3. The van der Waals surface area contributed by atoms with Crippen molar-refractivity contribution in [1.29, 1.82) is 0 Å². The van der Waals surface area contributed by atoms with E-state index < -0.39 is 5.85 Å². The molecule has 4 aliphatic heterocycles. The maximum absolute atomic E-state index is 9.37. The summed E-state index contributed by atoms with van der Waals surface area (Å²) in [4.78, 5) is 9.21. The second-order valence-electron chi connectivity index (χ2n) is 8.16. The zero-order chi connectivity index (χ0) is 21.3. The average Bonchev–Trinajstić information content (AvgIpc) is 3.37. The highest BCUT2D eigenvalue weighted by molar-refractivity contribution is 5.74. The van der Waals surface area contributed by atoms with Gasteiger partial charge in [0.05, 0.1) is 26.5 Å². The minimum Gasteiger partial charge on any atom is -0.481 e. The van der Waals surface area contributed by atoms with E-state index in [-0.39, 0.29) is 13.2 Å². The Balaban J connectivity index is 1.27. The smallest absolute Gasteiger partial charge is 0.218 e. The molecule has 4 aliphatic rings. The summed E-state index contributed by atoms with van der Waals surface area (Å²) >= 11 is 0. The van der Waals surface area contributed by atoms with Crippen molar-refractivity contribution in [2.24, 2.45) is 0 Å². The highest BCUT2D eigenvalue weighted by Crippen LogP contribution is 2.38. The molecule has 3 saturated heterocycles. The SMILES string of the molecule is COc1ccc(CN2C3CC2CN(C2(OCCO)C=CC(c4cn[nH]c4)=CN2)C3)cn1. The Morgan fingerprint density at radius 3 is 2.74 bits per heavy atom. The minimum atomic E-state index is -0.749. The van der Waals surface area contributed by atoms with Crippen LogP contribution >= 0.6 is 0 Å². The normalized spacial score (nSPS) is 28.0. The van der Waals surface area contributed by atoms with Crippen LogP contribution in [0.15, 0.2) is 49.1 Å². The molecule has 164 valence electrons. The van der Waals surface area contributed by atoms with Gasteiger partial charge in [-0.25, -0.2) is 4.98 Å². The minimum absolute atomic E-state index is 0.0210. The van der Waals surface area contributed by atoms with Crippen molar-refractivity contribution in [2.75, 3.05) is 33.4 Å². The molecule has 0 amide bonds. The summed E-state index contributed by atoms with van der Waals surface area (Å²) in [5.41, 5.74) is 3.24. The third-order valence-corrected chi connectivity index (χ3v) is 6.35. The van der Waals surface area contributed by atoms with E-state index in [1.807, 2.05) is 30.7 Å². The Morgan fingerprint density at radius 1 is 1.26 bits per heavy atom. The molecule has 0 saturated carbocycles. The van der Waals surface area contributed by atoms with Crippen molar-refractivity contribution < 1.29 is 14.6 Å². The number of pyridine rings is 1. The fourth-order valence-electron chi connectivity index (χ4n) is 4.70. The van der Waals surface area contributed by atoms with Crippen LogP contribution in [0.4, 0.5) is 0 Å². The van der Waals surface area contributed by atoms with E-state index in [0.717, 1.165) is 30.8 Å². The van der Waals surface area contributed by atoms with Gasteiger partial charge in [-0.2, -0.15) is 5.10 Å². The molecule has 0 aliphatic carbocycles. The van der Waals surface area contributed by atoms with Gasteiger partial charge in [0.2, 0.25) is 11.7 Å². The van der Waals surface area contributed by atoms with E-state index in [1.165, 1.54) is 12.0 Å². The highest BCUT2D eigenvalue weighted by atomic mass is 16.5. The van der Waals surface area contributed by atoms with E-state index in [2.05, 4.69) is 42.4 Å². The molecule has 9 heteroatoms. The number of H-pyrrole nitrogens is 1. The van der Waals surface area contributed by atoms with Crippen LogP contribution in [0.5, 0.6) is 5.88 Å². The van der Waals surface area contributed by atoms with Crippen LogP contribution in [-0.2, 0) is 11.3 Å². The summed E-state index contributed by atoms with van der Waals surface area (Å²) in [5, 5.41) is 19.7. The van der Waals surface area contributed by atoms with Gasteiger partial charge < -0.3 is 19.9 Å². The summed E-state index contributed by atoms with van der Waals surface area (Å²) in [5.74, 6) is -0.111. The van der Waals surface area contributed by atoms with E-state index in [4.69, 9.17) is 9.47 Å². The highest BCUT2D eigenvalue weighted by Gasteiger charge is 2.50. The van der Waals surface area contributed by atoms with Gasteiger partial charge in [-0.15, -0.1) is 0 Å². The van der Waals surface area contributed by atoms with Crippen molar-refractivity contribution in [3.05, 3.63) is 60.2 Å². The molecule has 3 atom stereocenters. The van der Waals surface area contributed by atoms with Crippen LogP contribution in [0, 0.1) is 0 Å². The lowest BCUT2D eigenvalue weighted by molar-refractivity contribution is -0.195. The van der Waals surface area contributed by atoms with E-state index in [0.29, 0.717) is 18.0 Å². The number of ether oxygens (including phenoxy) is 2. The van der Waals surface area contributed by atoms with Crippen molar-refractivity contribution in [2.45, 2.75) is 30.9 Å². The number of allylic oxidation sites excluding steroid dienone is 2. The Labute approximate surface area is 181 Å². The number of methoxy groups -OCH3 is 1. The number of rotatable bonds is 8. The first-order chi connectivity index (χ1) is 15.2. The number of aromatic nitrogens is 3. The molecule has 0 spiro atoms. The largest absolute Gasteiger partial charge is 0.481 e. The van der Waals surface area contributed by atoms with Crippen LogP contribution in [0.25, 0.3) is 5.57 Å². The van der Waals surface area contributed by atoms with Crippen molar-refractivity contribution in [3.63, 3.8) is 0 Å². The number of piperazine rings is 1. The van der Waals surface area contributed by atoms with Crippen LogP contribution in [0.3, 0.4) is 0 Å². The van der Waals surface area contributed by atoms with Gasteiger partial charge in [0.25, 0.3) is 0 Å². The fourth-order valence-corrected chi connectivity index (χ4v) is 4.70. The molecule has 3 unspecified atom stereocenters. The second-order valence-corrected chi connectivity index (χ2v) is 8.16. The first-order valence-corrected chi connectivity index (χ1v) is 10.6. The van der Waals surface area contributed by atoms with Gasteiger partial charge in [-0.1, -0.05) is 12.1 Å². The maximum Gasteiger partial charge on any atom is 0.218 e. The van der Waals surface area contributed by atoms with Gasteiger partial charge in [-0.05, 0) is 18.1 Å². The molecule has 9 nitrogen and oxygen atoms in total. The molecule has 3 fully saturated rings. The number of dihydropyridines is 1. The summed E-state index contributed by atoms with van der Waals surface area (Å²) in [6.45, 7) is 2.90. The van der Waals surface area contributed by atoms with E-state index >= 15 is 0 Å². The van der Waals surface area contributed by atoms with Gasteiger partial charge in [0.15, 0.2) is 0 Å².